The third kappa shape index (κ3) is 3.79. The Morgan fingerprint density at radius 2 is 1.65 bits per heavy atom. The molecule has 0 amide bonds. The van der Waals surface area contributed by atoms with Gasteiger partial charge >= 0.3 is 0 Å². The van der Waals surface area contributed by atoms with Crippen LogP contribution in [0.15, 0.2) is 41.1 Å². The van der Waals surface area contributed by atoms with Crippen molar-refractivity contribution in [2.24, 2.45) is 0 Å². The van der Waals surface area contributed by atoms with Crippen LogP contribution >= 0.6 is 0 Å². The molecule has 4 saturated heterocycles. The molecule has 4 aliphatic rings. The average Bonchev–Trinajstić information content (AvgIpc) is 3.49. The maximum Gasteiger partial charge on any atom is 0.297 e. The van der Waals surface area contributed by atoms with Gasteiger partial charge in [0.25, 0.3) is 6.01 Å². The van der Waals surface area contributed by atoms with E-state index >= 15 is 0 Å². The van der Waals surface area contributed by atoms with Gasteiger partial charge in [-0.05, 0) is 68.2 Å². The second-order valence-electron chi connectivity index (χ2n) is 9.85. The Morgan fingerprint density at radius 3 is 2.32 bits per heavy atom. The van der Waals surface area contributed by atoms with Crippen molar-refractivity contribution in [2.75, 3.05) is 50.9 Å². The molecule has 6 nitrogen and oxygen atoms in total. The van der Waals surface area contributed by atoms with Crippen LogP contribution in [0.25, 0.3) is 0 Å². The summed E-state index contributed by atoms with van der Waals surface area (Å²) < 4.78 is 17.4. The molecular formula is C25H33N3O3. The minimum Gasteiger partial charge on any atom is -0.432 e. The van der Waals surface area contributed by atoms with Gasteiger partial charge in [-0.1, -0.05) is 24.3 Å². The molecule has 4 fully saturated rings. The number of rotatable bonds is 4. The summed E-state index contributed by atoms with van der Waals surface area (Å²) in [5.41, 5.74) is 3.20. The van der Waals surface area contributed by atoms with E-state index < -0.39 is 0 Å². The lowest BCUT2D eigenvalue weighted by molar-refractivity contribution is -0.0215. The SMILES string of the molecule is c1ccc(C2CCN(C3COC4(C3)CN(c3ncco3)C4)CC2)c(C2CCOCC2)c1. The van der Waals surface area contributed by atoms with E-state index in [1.54, 1.807) is 23.6 Å². The van der Waals surface area contributed by atoms with Crippen molar-refractivity contribution < 1.29 is 13.9 Å². The zero-order chi connectivity index (χ0) is 20.7. The Balaban J connectivity index is 1.05. The number of piperidine rings is 1. The predicted octanol–water partition coefficient (Wildman–Crippen LogP) is 3.80. The van der Waals surface area contributed by atoms with E-state index in [1.165, 1.54) is 38.8 Å². The van der Waals surface area contributed by atoms with Crippen molar-refractivity contribution in [3.63, 3.8) is 0 Å². The van der Waals surface area contributed by atoms with Gasteiger partial charge in [0.1, 0.15) is 11.9 Å². The van der Waals surface area contributed by atoms with Crippen molar-refractivity contribution >= 4 is 6.01 Å². The second kappa shape index (κ2) is 8.23. The number of hydrogen-bond acceptors (Lipinski definition) is 6. The molecule has 1 spiro atoms. The molecule has 0 N–H and O–H groups in total. The molecule has 0 bridgehead atoms. The first kappa shape index (κ1) is 19.8. The first-order chi connectivity index (χ1) is 15.3. The van der Waals surface area contributed by atoms with Crippen molar-refractivity contribution in [2.45, 2.75) is 55.6 Å². The number of benzene rings is 1. The molecular weight excluding hydrogens is 390 g/mol. The highest BCUT2D eigenvalue weighted by molar-refractivity contribution is 5.36. The van der Waals surface area contributed by atoms with Crippen molar-refractivity contribution in [3.8, 4) is 0 Å². The second-order valence-corrected chi connectivity index (χ2v) is 9.85. The lowest BCUT2D eigenvalue weighted by Crippen LogP contribution is -2.62. The molecule has 2 aromatic rings. The molecule has 5 heterocycles. The summed E-state index contributed by atoms with van der Waals surface area (Å²) in [6, 6.07) is 10.5. The van der Waals surface area contributed by atoms with Gasteiger partial charge in [0.05, 0.1) is 25.9 Å². The number of nitrogens with zero attached hydrogens (tertiary/aromatic N) is 3. The average molecular weight is 424 g/mol. The van der Waals surface area contributed by atoms with E-state index in [2.05, 4.69) is 39.0 Å². The van der Waals surface area contributed by atoms with Gasteiger partial charge in [0, 0.05) is 19.3 Å². The van der Waals surface area contributed by atoms with Crippen LogP contribution in [0.2, 0.25) is 0 Å². The Labute approximate surface area is 184 Å². The van der Waals surface area contributed by atoms with E-state index in [0.717, 1.165) is 45.3 Å². The number of hydrogen-bond donors (Lipinski definition) is 0. The van der Waals surface area contributed by atoms with Crippen LogP contribution in [0.5, 0.6) is 0 Å². The van der Waals surface area contributed by atoms with Gasteiger partial charge in [-0.25, -0.2) is 4.98 Å². The van der Waals surface area contributed by atoms with E-state index in [4.69, 9.17) is 13.9 Å². The van der Waals surface area contributed by atoms with Crippen molar-refractivity contribution in [3.05, 3.63) is 47.9 Å². The quantitative estimate of drug-likeness (QED) is 0.746. The molecule has 1 aromatic carbocycles. The summed E-state index contributed by atoms with van der Waals surface area (Å²) in [5.74, 6) is 1.37. The van der Waals surface area contributed by atoms with Crippen LogP contribution in [0.3, 0.4) is 0 Å². The summed E-state index contributed by atoms with van der Waals surface area (Å²) in [4.78, 5) is 9.14. The minimum absolute atomic E-state index is 0.00559. The lowest BCUT2D eigenvalue weighted by atomic mass is 9.80. The van der Waals surface area contributed by atoms with Crippen LogP contribution in [0.1, 0.15) is 55.1 Å². The van der Waals surface area contributed by atoms with Gasteiger partial charge in [-0.2, -0.15) is 0 Å². The van der Waals surface area contributed by atoms with Gasteiger partial charge < -0.3 is 18.8 Å². The van der Waals surface area contributed by atoms with Gasteiger partial charge in [-0.15, -0.1) is 0 Å². The molecule has 0 aliphatic carbocycles. The first-order valence-corrected chi connectivity index (χ1v) is 12.0. The molecule has 0 radical (unpaired) electrons. The van der Waals surface area contributed by atoms with Crippen LogP contribution in [0.4, 0.5) is 6.01 Å². The zero-order valence-corrected chi connectivity index (χ0v) is 18.2. The summed E-state index contributed by atoms with van der Waals surface area (Å²) in [6.07, 6.45) is 9.33. The number of aromatic nitrogens is 1. The van der Waals surface area contributed by atoms with Crippen LogP contribution in [0, 0.1) is 0 Å². The molecule has 166 valence electrons. The fourth-order valence-electron chi connectivity index (χ4n) is 6.27. The highest BCUT2D eigenvalue weighted by atomic mass is 16.5. The summed E-state index contributed by atoms with van der Waals surface area (Å²) in [6.45, 7) is 6.85. The molecule has 1 atom stereocenters. The molecule has 4 aliphatic heterocycles. The van der Waals surface area contributed by atoms with E-state index in [-0.39, 0.29) is 5.60 Å². The maximum absolute atomic E-state index is 6.32. The van der Waals surface area contributed by atoms with E-state index in [1.807, 2.05) is 0 Å². The monoisotopic (exact) mass is 423 g/mol. The maximum atomic E-state index is 6.32. The molecule has 1 aromatic heterocycles. The number of oxazole rings is 1. The Bertz CT molecular complexity index is 866. The zero-order valence-electron chi connectivity index (χ0n) is 18.2. The Hall–Kier alpha value is -1.89. The largest absolute Gasteiger partial charge is 0.432 e. The summed E-state index contributed by atoms with van der Waals surface area (Å²) >= 11 is 0. The highest BCUT2D eigenvalue weighted by Crippen LogP contribution is 2.41. The van der Waals surface area contributed by atoms with Crippen LogP contribution in [-0.4, -0.2) is 67.5 Å². The van der Waals surface area contributed by atoms with E-state index in [9.17, 15) is 0 Å². The van der Waals surface area contributed by atoms with Crippen molar-refractivity contribution in [1.82, 2.24) is 9.88 Å². The molecule has 31 heavy (non-hydrogen) atoms. The minimum atomic E-state index is 0.00559. The third-order valence-corrected chi connectivity index (χ3v) is 7.98. The van der Waals surface area contributed by atoms with Gasteiger partial charge in [0.15, 0.2) is 0 Å². The fourth-order valence-corrected chi connectivity index (χ4v) is 6.27. The third-order valence-electron chi connectivity index (χ3n) is 7.98. The summed E-state index contributed by atoms with van der Waals surface area (Å²) in [7, 11) is 0. The topological polar surface area (TPSA) is 51.0 Å². The van der Waals surface area contributed by atoms with Crippen LogP contribution < -0.4 is 4.90 Å². The molecule has 6 rings (SSSR count). The standard InChI is InChI=1S/C25H33N3O3/c1-2-4-23(20-7-12-29-13-8-20)22(3-1)19-5-10-27(11-6-19)21-15-25(31-16-21)17-28(18-25)24-26-9-14-30-24/h1-4,9,14,19-21H,5-8,10-13,15-18H2. The van der Waals surface area contributed by atoms with E-state index in [0.29, 0.717) is 17.9 Å². The van der Waals surface area contributed by atoms with Gasteiger partial charge in [-0.3, -0.25) is 4.90 Å². The van der Waals surface area contributed by atoms with Crippen LogP contribution in [-0.2, 0) is 9.47 Å². The molecule has 0 saturated carbocycles. The molecule has 6 heteroatoms. The first-order valence-electron chi connectivity index (χ1n) is 12.0. The highest BCUT2D eigenvalue weighted by Gasteiger charge is 2.52. The van der Waals surface area contributed by atoms with Gasteiger partial charge in [0.2, 0.25) is 0 Å². The number of anilines is 1. The Kier molecular flexibility index (Phi) is 5.25. The lowest BCUT2D eigenvalue weighted by Gasteiger charge is -2.46. The fraction of sp³-hybridized carbons (Fsp3) is 0.640. The summed E-state index contributed by atoms with van der Waals surface area (Å²) in [5, 5.41) is 0. The normalized spacial score (nSPS) is 27.6. The molecule has 1 unspecified atom stereocenters. The predicted molar refractivity (Wildman–Crippen MR) is 119 cm³/mol. The Morgan fingerprint density at radius 1 is 0.935 bits per heavy atom. The smallest absolute Gasteiger partial charge is 0.297 e. The number of ether oxygens (including phenoxy) is 2. The number of likely N-dealkylation sites (tertiary alicyclic amines) is 1. The van der Waals surface area contributed by atoms with Crippen molar-refractivity contribution in [1.29, 1.82) is 0 Å².